The number of hydrogen-bond acceptors (Lipinski definition) is 4. The number of likely N-dealkylation sites (tertiary alicyclic amines) is 1. The molecule has 3 rings (SSSR count). The monoisotopic (exact) mass is 288 g/mol. The fourth-order valence-electron chi connectivity index (χ4n) is 2.86. The van der Waals surface area contributed by atoms with Gasteiger partial charge in [0, 0.05) is 32.0 Å². The first-order valence-electron chi connectivity index (χ1n) is 7.85. The Bertz CT molecular complexity index is 527. The molecule has 0 atom stereocenters. The number of imidazole rings is 1. The summed E-state index contributed by atoms with van der Waals surface area (Å²) in [5, 5.41) is 12.9. The highest BCUT2D eigenvalue weighted by Gasteiger charge is 2.15. The van der Waals surface area contributed by atoms with Gasteiger partial charge in [-0.25, -0.2) is 4.98 Å². The van der Waals surface area contributed by atoms with Crippen LogP contribution in [0.1, 0.15) is 25.0 Å². The first kappa shape index (κ1) is 14.5. The molecular weight excluding hydrogens is 264 g/mol. The Labute approximate surface area is 125 Å². The standard InChI is InChI=1S/C16H24N4O/c21-15-5-10-19(11-6-15)8-3-7-17-12-14-13-20-9-2-1-4-16(20)18-14/h1-2,4,9,13,15,17,21H,3,5-8,10-12H2. The highest BCUT2D eigenvalue weighted by Crippen LogP contribution is 2.09. The molecule has 5 nitrogen and oxygen atoms in total. The molecule has 0 aliphatic carbocycles. The number of nitrogens with zero attached hydrogens (tertiary/aromatic N) is 3. The van der Waals surface area contributed by atoms with Crippen molar-refractivity contribution in [2.45, 2.75) is 31.9 Å². The van der Waals surface area contributed by atoms with Crippen LogP contribution in [-0.2, 0) is 6.54 Å². The van der Waals surface area contributed by atoms with Gasteiger partial charge in [-0.3, -0.25) is 0 Å². The predicted molar refractivity (Wildman–Crippen MR) is 83.2 cm³/mol. The van der Waals surface area contributed by atoms with Gasteiger partial charge in [-0.05, 0) is 44.5 Å². The summed E-state index contributed by atoms with van der Waals surface area (Å²) in [7, 11) is 0. The molecule has 0 radical (unpaired) electrons. The fourth-order valence-corrected chi connectivity index (χ4v) is 2.86. The second kappa shape index (κ2) is 7.02. The van der Waals surface area contributed by atoms with E-state index in [1.54, 1.807) is 0 Å². The molecule has 3 heterocycles. The smallest absolute Gasteiger partial charge is 0.137 e. The van der Waals surface area contributed by atoms with Crippen molar-refractivity contribution in [1.82, 2.24) is 19.6 Å². The molecule has 21 heavy (non-hydrogen) atoms. The van der Waals surface area contributed by atoms with E-state index in [1.165, 1.54) is 0 Å². The molecule has 2 N–H and O–H groups in total. The van der Waals surface area contributed by atoms with Gasteiger partial charge >= 0.3 is 0 Å². The van der Waals surface area contributed by atoms with Gasteiger partial charge < -0.3 is 19.7 Å². The van der Waals surface area contributed by atoms with Crippen LogP contribution in [0.5, 0.6) is 0 Å². The van der Waals surface area contributed by atoms with Gasteiger partial charge in [0.1, 0.15) is 5.65 Å². The summed E-state index contributed by atoms with van der Waals surface area (Å²) in [5.41, 5.74) is 2.09. The number of piperidine rings is 1. The van der Waals surface area contributed by atoms with Gasteiger partial charge in [-0.2, -0.15) is 0 Å². The second-order valence-corrected chi connectivity index (χ2v) is 5.80. The minimum Gasteiger partial charge on any atom is -0.393 e. The molecule has 5 heteroatoms. The minimum atomic E-state index is -0.0746. The van der Waals surface area contributed by atoms with Gasteiger partial charge in [-0.1, -0.05) is 6.07 Å². The SMILES string of the molecule is OC1CCN(CCCNCc2cn3ccccc3n2)CC1. The van der Waals surface area contributed by atoms with Gasteiger partial charge in [0.15, 0.2) is 0 Å². The molecule has 0 amide bonds. The zero-order valence-corrected chi connectivity index (χ0v) is 12.4. The van der Waals surface area contributed by atoms with Crippen molar-refractivity contribution in [3.63, 3.8) is 0 Å². The molecule has 1 fully saturated rings. The van der Waals surface area contributed by atoms with Crippen LogP contribution < -0.4 is 5.32 Å². The van der Waals surface area contributed by atoms with Gasteiger partial charge in [0.2, 0.25) is 0 Å². The molecule has 1 saturated heterocycles. The lowest BCUT2D eigenvalue weighted by molar-refractivity contribution is 0.0821. The molecule has 0 saturated carbocycles. The zero-order valence-electron chi connectivity index (χ0n) is 12.4. The molecule has 0 unspecified atom stereocenters. The van der Waals surface area contributed by atoms with Crippen LogP contribution >= 0.6 is 0 Å². The Kier molecular flexibility index (Phi) is 4.85. The number of aliphatic hydroxyl groups is 1. The molecule has 0 spiro atoms. The van der Waals surface area contributed by atoms with Crippen molar-refractivity contribution in [3.8, 4) is 0 Å². The highest BCUT2D eigenvalue weighted by atomic mass is 16.3. The van der Waals surface area contributed by atoms with Crippen molar-refractivity contribution >= 4 is 5.65 Å². The summed E-state index contributed by atoms with van der Waals surface area (Å²) in [5.74, 6) is 0. The maximum Gasteiger partial charge on any atom is 0.137 e. The topological polar surface area (TPSA) is 52.8 Å². The summed E-state index contributed by atoms with van der Waals surface area (Å²) < 4.78 is 2.05. The Balaban J connectivity index is 1.34. The third-order valence-electron chi connectivity index (χ3n) is 4.10. The number of aromatic nitrogens is 2. The van der Waals surface area contributed by atoms with Crippen LogP contribution in [0.2, 0.25) is 0 Å². The van der Waals surface area contributed by atoms with Crippen LogP contribution in [0.25, 0.3) is 5.65 Å². The van der Waals surface area contributed by atoms with Gasteiger partial charge in [0.05, 0.1) is 11.8 Å². The highest BCUT2D eigenvalue weighted by molar-refractivity contribution is 5.39. The van der Waals surface area contributed by atoms with Crippen molar-refractivity contribution in [2.24, 2.45) is 0 Å². The maximum atomic E-state index is 9.47. The normalized spacial score (nSPS) is 17.6. The summed E-state index contributed by atoms with van der Waals surface area (Å²) >= 11 is 0. The van der Waals surface area contributed by atoms with Crippen LogP contribution in [0.3, 0.4) is 0 Å². The Morgan fingerprint density at radius 1 is 1.29 bits per heavy atom. The number of pyridine rings is 1. The van der Waals surface area contributed by atoms with E-state index in [-0.39, 0.29) is 6.10 Å². The quantitative estimate of drug-likeness (QED) is 0.786. The number of fused-ring (bicyclic) bond motifs is 1. The van der Waals surface area contributed by atoms with Crippen molar-refractivity contribution in [2.75, 3.05) is 26.2 Å². The van der Waals surface area contributed by atoms with Crippen molar-refractivity contribution < 1.29 is 5.11 Å². The largest absolute Gasteiger partial charge is 0.393 e. The zero-order chi connectivity index (χ0) is 14.5. The Morgan fingerprint density at radius 2 is 2.14 bits per heavy atom. The van der Waals surface area contributed by atoms with Gasteiger partial charge in [-0.15, -0.1) is 0 Å². The van der Waals surface area contributed by atoms with Crippen LogP contribution in [0.15, 0.2) is 30.6 Å². The summed E-state index contributed by atoms with van der Waals surface area (Å²) in [4.78, 5) is 7.01. The first-order chi connectivity index (χ1) is 10.3. The number of aliphatic hydroxyl groups excluding tert-OH is 1. The Morgan fingerprint density at radius 3 is 2.95 bits per heavy atom. The number of hydrogen-bond donors (Lipinski definition) is 2. The molecule has 2 aromatic rings. The number of nitrogens with one attached hydrogen (secondary N) is 1. The summed E-state index contributed by atoms with van der Waals surface area (Å²) in [6, 6.07) is 6.05. The summed E-state index contributed by atoms with van der Waals surface area (Å²) in [6.07, 6.45) is 7.02. The average Bonchev–Trinajstić information content (AvgIpc) is 2.91. The molecule has 1 aliphatic heterocycles. The first-order valence-corrected chi connectivity index (χ1v) is 7.85. The van der Waals surface area contributed by atoms with Gasteiger partial charge in [0.25, 0.3) is 0 Å². The average molecular weight is 288 g/mol. The second-order valence-electron chi connectivity index (χ2n) is 5.80. The van der Waals surface area contributed by atoms with E-state index < -0.39 is 0 Å². The molecular formula is C16H24N4O. The van der Waals surface area contributed by atoms with Crippen LogP contribution in [-0.4, -0.2) is 51.7 Å². The third kappa shape index (κ3) is 4.03. The number of rotatable bonds is 6. The fraction of sp³-hybridized carbons (Fsp3) is 0.562. The minimum absolute atomic E-state index is 0.0746. The summed E-state index contributed by atoms with van der Waals surface area (Å²) in [6.45, 7) is 5.01. The molecule has 2 aromatic heterocycles. The lowest BCUT2D eigenvalue weighted by Crippen LogP contribution is -2.37. The maximum absolute atomic E-state index is 9.47. The lowest BCUT2D eigenvalue weighted by atomic mass is 10.1. The molecule has 114 valence electrons. The Hall–Kier alpha value is -1.43. The molecule has 0 aromatic carbocycles. The predicted octanol–water partition coefficient (Wildman–Crippen LogP) is 1.27. The molecule has 1 aliphatic rings. The van der Waals surface area contributed by atoms with E-state index in [1.807, 2.05) is 24.4 Å². The van der Waals surface area contributed by atoms with E-state index in [4.69, 9.17) is 0 Å². The van der Waals surface area contributed by atoms with E-state index in [0.29, 0.717) is 0 Å². The van der Waals surface area contributed by atoms with E-state index in [2.05, 4.69) is 25.8 Å². The van der Waals surface area contributed by atoms with Crippen LogP contribution in [0, 0.1) is 0 Å². The van der Waals surface area contributed by atoms with E-state index >= 15 is 0 Å². The van der Waals surface area contributed by atoms with Crippen molar-refractivity contribution in [1.29, 1.82) is 0 Å². The van der Waals surface area contributed by atoms with E-state index in [9.17, 15) is 5.11 Å². The van der Waals surface area contributed by atoms with Crippen LogP contribution in [0.4, 0.5) is 0 Å². The lowest BCUT2D eigenvalue weighted by Gasteiger charge is -2.29. The van der Waals surface area contributed by atoms with Crippen molar-refractivity contribution in [3.05, 3.63) is 36.3 Å². The third-order valence-corrected chi connectivity index (χ3v) is 4.10. The van der Waals surface area contributed by atoms with E-state index in [0.717, 1.165) is 63.3 Å². The molecule has 0 bridgehead atoms.